The van der Waals surface area contributed by atoms with Crippen molar-refractivity contribution in [1.82, 2.24) is 14.9 Å². The number of amides is 4. The zero-order valence-corrected chi connectivity index (χ0v) is 28.3. The number of hydrogen-bond acceptors (Lipinski definition) is 7. The minimum Gasteiger partial charge on any atom is -0.507 e. The Hall–Kier alpha value is -3.13. The summed E-state index contributed by atoms with van der Waals surface area (Å²) in [6.45, 7) is 3.72. The molecule has 2 aliphatic heterocycles. The summed E-state index contributed by atoms with van der Waals surface area (Å²) >= 11 is 23.8. The normalized spacial score (nSPS) is 30.3. The van der Waals surface area contributed by atoms with Crippen LogP contribution in [0.3, 0.4) is 0 Å². The number of phenolic OH excluding ortho intramolecular Hbond substituents is 1. The van der Waals surface area contributed by atoms with Gasteiger partial charge in [0.2, 0.25) is 0 Å². The van der Waals surface area contributed by atoms with Gasteiger partial charge in [-0.2, -0.15) is 18.2 Å². The van der Waals surface area contributed by atoms with Crippen LogP contribution in [0.15, 0.2) is 54.6 Å². The van der Waals surface area contributed by atoms with E-state index < -0.39 is 74.7 Å². The van der Waals surface area contributed by atoms with Gasteiger partial charge in [-0.25, -0.2) is 4.98 Å². The lowest BCUT2D eigenvalue weighted by Gasteiger charge is -2.50. The fourth-order valence-electron chi connectivity index (χ4n) is 7.45. The summed E-state index contributed by atoms with van der Waals surface area (Å²) in [5.41, 5.74) is -0.404. The van der Waals surface area contributed by atoms with Gasteiger partial charge in [-0.3, -0.25) is 29.1 Å². The van der Waals surface area contributed by atoms with E-state index in [1.54, 1.807) is 30.4 Å². The van der Waals surface area contributed by atoms with E-state index in [-0.39, 0.29) is 41.1 Å². The van der Waals surface area contributed by atoms with Crippen molar-refractivity contribution in [3.63, 3.8) is 0 Å². The van der Waals surface area contributed by atoms with Crippen molar-refractivity contribution < 1.29 is 37.5 Å². The fourth-order valence-corrected chi connectivity index (χ4v) is 9.10. The molecule has 4 aliphatic rings. The average molecular weight is 777 g/mol. The zero-order chi connectivity index (χ0) is 34.4. The number of imide groups is 2. The number of benzene rings is 1. The van der Waals surface area contributed by atoms with E-state index in [0.717, 1.165) is 16.0 Å². The molecule has 16 heteroatoms. The number of aromatic nitrogens is 1. The highest BCUT2D eigenvalue weighted by Gasteiger charge is 2.76. The molecule has 9 nitrogen and oxygen atoms in total. The minimum absolute atomic E-state index is 0.00861. The summed E-state index contributed by atoms with van der Waals surface area (Å²) < 4.78 is 40.5. The standard InChI is InChI=1S/C31H25BrCl3F3N4O5/c1-3-5-14-6-4-7-17(23(14)43)22-15-8-9-16-21(18(15)12-29(34)27(46)41(13-32)28(47)30(22,29)35)26(45)42(25(16)44)40(2)24-19(33)10-11-20(39-24)31(36,37)38/h3-4,6-8,10-11,16,18,21-22,43H,1,5,9,12-13H2,2H3. The van der Waals surface area contributed by atoms with Crippen molar-refractivity contribution in [1.29, 1.82) is 0 Å². The van der Waals surface area contributed by atoms with Crippen molar-refractivity contribution in [2.75, 3.05) is 17.5 Å². The molecule has 6 atom stereocenters. The van der Waals surface area contributed by atoms with E-state index >= 15 is 0 Å². The second kappa shape index (κ2) is 11.5. The second-order valence-corrected chi connectivity index (χ2v) is 14.0. The lowest BCUT2D eigenvalue weighted by molar-refractivity contribution is -0.142. The molecule has 6 unspecified atom stereocenters. The number of pyridine rings is 1. The Kier molecular flexibility index (Phi) is 8.25. The van der Waals surface area contributed by atoms with Crippen molar-refractivity contribution in [2.45, 2.75) is 41.1 Å². The van der Waals surface area contributed by atoms with Crippen LogP contribution in [0, 0.1) is 17.8 Å². The van der Waals surface area contributed by atoms with Crippen molar-refractivity contribution in [3.8, 4) is 5.75 Å². The first-order valence-corrected chi connectivity index (χ1v) is 16.6. The van der Waals surface area contributed by atoms with Crippen LogP contribution in [0.2, 0.25) is 5.02 Å². The Balaban J connectivity index is 1.48. The molecule has 1 saturated carbocycles. The smallest absolute Gasteiger partial charge is 0.433 e. The van der Waals surface area contributed by atoms with Gasteiger partial charge in [0.05, 0.1) is 22.3 Å². The van der Waals surface area contributed by atoms with Gasteiger partial charge in [0.15, 0.2) is 15.6 Å². The topological polar surface area (TPSA) is 111 Å². The molecule has 0 spiro atoms. The summed E-state index contributed by atoms with van der Waals surface area (Å²) in [6, 6.07) is 6.51. The molecule has 1 N–H and O–H groups in total. The van der Waals surface area contributed by atoms with Gasteiger partial charge in [-0.15, -0.1) is 29.8 Å². The predicted octanol–water partition coefficient (Wildman–Crippen LogP) is 5.95. The molecule has 6 rings (SSSR count). The summed E-state index contributed by atoms with van der Waals surface area (Å²) in [4.78, 5) is 56.1. The van der Waals surface area contributed by atoms with E-state index in [1.165, 1.54) is 7.05 Å². The Morgan fingerprint density at radius 2 is 1.83 bits per heavy atom. The number of aromatic hydroxyl groups is 1. The molecule has 3 fully saturated rings. The highest BCUT2D eigenvalue weighted by Crippen LogP contribution is 2.66. The molecule has 4 amide bonds. The third-order valence-corrected chi connectivity index (χ3v) is 11.8. The molecule has 3 heterocycles. The van der Waals surface area contributed by atoms with Crippen LogP contribution in [0.4, 0.5) is 19.0 Å². The van der Waals surface area contributed by atoms with Crippen LogP contribution in [-0.2, 0) is 31.8 Å². The monoisotopic (exact) mass is 774 g/mol. The van der Waals surface area contributed by atoms with Crippen LogP contribution >= 0.6 is 50.7 Å². The lowest BCUT2D eigenvalue weighted by atomic mass is 9.56. The number of alkyl halides is 6. The van der Waals surface area contributed by atoms with Crippen molar-refractivity contribution in [3.05, 3.63) is 76.5 Å². The Labute approximate surface area is 290 Å². The fraction of sp³-hybridized carbons (Fsp3) is 0.387. The summed E-state index contributed by atoms with van der Waals surface area (Å²) in [6.07, 6.45) is -1.63. The van der Waals surface area contributed by atoms with E-state index in [2.05, 4.69) is 27.5 Å². The summed E-state index contributed by atoms with van der Waals surface area (Å²) in [5.74, 6) is -8.06. The van der Waals surface area contributed by atoms with E-state index in [1.807, 2.05) is 0 Å². The van der Waals surface area contributed by atoms with Crippen molar-refractivity contribution >= 4 is 80.2 Å². The van der Waals surface area contributed by atoms with Gasteiger partial charge >= 0.3 is 6.18 Å². The van der Waals surface area contributed by atoms with Gasteiger partial charge in [0.25, 0.3) is 23.6 Å². The third-order valence-electron chi connectivity index (χ3n) is 9.54. The van der Waals surface area contributed by atoms with E-state index in [0.29, 0.717) is 22.2 Å². The number of phenols is 1. The zero-order valence-electron chi connectivity index (χ0n) is 24.4. The number of halogens is 7. The summed E-state index contributed by atoms with van der Waals surface area (Å²) in [7, 11) is 1.20. The van der Waals surface area contributed by atoms with Crippen LogP contribution < -0.4 is 5.01 Å². The molecule has 248 valence electrons. The first-order valence-electron chi connectivity index (χ1n) is 14.3. The number of rotatable bonds is 6. The van der Waals surface area contributed by atoms with Crippen molar-refractivity contribution in [2.24, 2.45) is 17.8 Å². The first-order chi connectivity index (χ1) is 22.0. The molecule has 1 aromatic carbocycles. The number of hydrazine groups is 1. The minimum atomic E-state index is -4.82. The molecular weight excluding hydrogens is 752 g/mol. The maximum Gasteiger partial charge on any atom is 0.433 e. The number of fused-ring (bicyclic) bond motifs is 4. The van der Waals surface area contributed by atoms with Gasteiger partial charge < -0.3 is 5.11 Å². The van der Waals surface area contributed by atoms with E-state index in [9.17, 15) is 37.5 Å². The molecule has 2 aliphatic carbocycles. The average Bonchev–Trinajstić information content (AvgIpc) is 3.35. The van der Waals surface area contributed by atoms with Gasteiger partial charge in [-0.05, 0) is 42.9 Å². The maximum atomic E-state index is 14.2. The lowest BCUT2D eigenvalue weighted by Crippen LogP contribution is -2.60. The van der Waals surface area contributed by atoms with E-state index in [4.69, 9.17) is 34.8 Å². The number of carbonyl (C=O) groups excluding carboxylic acids is 4. The molecular formula is C31H25BrCl3F3N4O5. The number of nitrogens with zero attached hydrogens (tertiary/aromatic N) is 4. The van der Waals surface area contributed by atoms with Crippen LogP contribution in [0.25, 0.3) is 0 Å². The Morgan fingerprint density at radius 1 is 1.13 bits per heavy atom. The van der Waals surface area contributed by atoms with Gasteiger partial charge in [-0.1, -0.05) is 63.5 Å². The van der Waals surface area contributed by atoms with Gasteiger partial charge in [0.1, 0.15) is 11.4 Å². The first kappa shape index (κ1) is 33.8. The SMILES string of the molecule is C=CCc1cccc(C2C3=CCC4C(=O)N(N(C)c5nc(C(F)(F)F)ccc5Cl)C(=O)C4C3CC3(Cl)C(=O)N(CBr)C(=O)C23Cl)c1O. The Bertz CT molecular complexity index is 1790. The third kappa shape index (κ3) is 4.67. The number of allylic oxidation sites excluding steroid dienone is 3. The van der Waals surface area contributed by atoms with Crippen LogP contribution in [0.5, 0.6) is 5.75 Å². The highest BCUT2D eigenvalue weighted by molar-refractivity contribution is 9.09. The number of likely N-dealkylation sites (tertiary alicyclic amines) is 1. The summed E-state index contributed by atoms with van der Waals surface area (Å²) in [5, 5.41) is 12.8. The number of para-hydroxylation sites is 1. The predicted molar refractivity (Wildman–Crippen MR) is 170 cm³/mol. The molecule has 0 radical (unpaired) electrons. The molecule has 1 aromatic heterocycles. The van der Waals surface area contributed by atoms with Crippen LogP contribution in [0.1, 0.15) is 35.6 Å². The molecule has 2 saturated heterocycles. The molecule has 47 heavy (non-hydrogen) atoms. The molecule has 0 bridgehead atoms. The Morgan fingerprint density at radius 3 is 2.47 bits per heavy atom. The number of carbonyl (C=O) groups is 4. The van der Waals surface area contributed by atoms with Gasteiger partial charge in [0, 0.05) is 18.5 Å². The number of anilines is 1. The number of hydrogen-bond donors (Lipinski definition) is 1. The maximum absolute atomic E-state index is 14.2. The molecule has 2 aromatic rings. The van der Waals surface area contributed by atoms with Crippen LogP contribution in [-0.4, -0.2) is 65.9 Å². The quantitative estimate of drug-likeness (QED) is 0.167. The highest BCUT2D eigenvalue weighted by atomic mass is 79.9. The second-order valence-electron chi connectivity index (χ2n) is 11.8. The largest absolute Gasteiger partial charge is 0.507 e.